The summed E-state index contributed by atoms with van der Waals surface area (Å²) in [6, 6.07) is 12.3. The van der Waals surface area contributed by atoms with Crippen LogP contribution in [0.1, 0.15) is 0 Å². The van der Waals surface area contributed by atoms with Crippen LogP contribution in [0.3, 0.4) is 0 Å². The second kappa shape index (κ2) is 6.88. The highest BCUT2D eigenvalue weighted by Gasteiger charge is 2.08. The Kier molecular flexibility index (Phi) is 5.17. The van der Waals surface area contributed by atoms with E-state index in [2.05, 4.69) is 5.32 Å². The monoisotopic (exact) mass is 326 g/mol. The molecule has 3 N–H and O–H groups in total. The molecule has 0 atom stereocenters. The van der Waals surface area contributed by atoms with Crippen LogP contribution < -0.4 is 11.1 Å². The van der Waals surface area contributed by atoms with Gasteiger partial charge in [-0.2, -0.15) is 0 Å². The summed E-state index contributed by atoms with van der Waals surface area (Å²) < 4.78 is 0. The van der Waals surface area contributed by atoms with Crippen LogP contribution in [0.25, 0.3) is 0 Å². The van der Waals surface area contributed by atoms with E-state index in [9.17, 15) is 4.79 Å². The largest absolute Gasteiger partial charge is 0.398 e. The molecule has 0 radical (unpaired) electrons. The molecule has 0 fully saturated rings. The summed E-state index contributed by atoms with van der Waals surface area (Å²) in [6.45, 7) is 0. The van der Waals surface area contributed by atoms with Crippen molar-refractivity contribution in [2.45, 2.75) is 4.90 Å². The number of para-hydroxylation sites is 1. The second-order valence-corrected chi connectivity index (χ2v) is 5.86. The number of carbonyl (C=O) groups is 1. The first-order valence-corrected chi connectivity index (χ1v) is 7.52. The summed E-state index contributed by atoms with van der Waals surface area (Å²) in [6.07, 6.45) is 0. The first kappa shape index (κ1) is 15.0. The van der Waals surface area contributed by atoms with E-state index in [0.717, 1.165) is 4.90 Å². The van der Waals surface area contributed by atoms with E-state index < -0.39 is 0 Å². The molecule has 0 aliphatic rings. The minimum Gasteiger partial charge on any atom is -0.398 e. The third-order valence-corrected chi connectivity index (χ3v) is 4.12. The third-order valence-electron chi connectivity index (χ3n) is 2.48. The summed E-state index contributed by atoms with van der Waals surface area (Å²) in [7, 11) is 0. The molecule has 2 aromatic carbocycles. The van der Waals surface area contributed by atoms with Gasteiger partial charge in [0.15, 0.2) is 0 Å². The smallest absolute Gasteiger partial charge is 0.234 e. The summed E-state index contributed by atoms with van der Waals surface area (Å²) in [5, 5.41) is 3.68. The number of nitrogens with two attached hydrogens (primary N) is 1. The van der Waals surface area contributed by atoms with Crippen LogP contribution in [0, 0.1) is 0 Å². The van der Waals surface area contributed by atoms with Gasteiger partial charge < -0.3 is 11.1 Å². The van der Waals surface area contributed by atoms with Crippen molar-refractivity contribution in [3.63, 3.8) is 0 Å². The second-order valence-electron chi connectivity index (χ2n) is 4.00. The highest BCUT2D eigenvalue weighted by Crippen LogP contribution is 2.27. The Morgan fingerprint density at radius 2 is 1.95 bits per heavy atom. The molecule has 6 heteroatoms. The highest BCUT2D eigenvalue weighted by atomic mass is 35.5. The van der Waals surface area contributed by atoms with E-state index in [0.29, 0.717) is 21.4 Å². The number of carbonyl (C=O) groups excluding carboxylic acids is 1. The zero-order valence-electron chi connectivity index (χ0n) is 10.4. The van der Waals surface area contributed by atoms with Gasteiger partial charge >= 0.3 is 0 Å². The number of rotatable bonds is 4. The van der Waals surface area contributed by atoms with Crippen LogP contribution >= 0.6 is 35.0 Å². The first-order valence-electron chi connectivity index (χ1n) is 5.78. The SMILES string of the molecule is Nc1ccccc1SCC(=O)Nc1ccc(Cl)cc1Cl. The summed E-state index contributed by atoms with van der Waals surface area (Å²) in [4.78, 5) is 12.7. The zero-order valence-corrected chi connectivity index (χ0v) is 12.7. The lowest BCUT2D eigenvalue weighted by atomic mass is 10.3. The van der Waals surface area contributed by atoms with E-state index in [1.54, 1.807) is 24.3 Å². The minimum absolute atomic E-state index is 0.150. The maximum atomic E-state index is 11.9. The summed E-state index contributed by atoms with van der Waals surface area (Å²) in [5.74, 6) is 0.107. The summed E-state index contributed by atoms with van der Waals surface area (Å²) in [5.41, 5.74) is 7.02. The van der Waals surface area contributed by atoms with Gasteiger partial charge in [0.1, 0.15) is 0 Å². The highest BCUT2D eigenvalue weighted by molar-refractivity contribution is 8.00. The molecule has 20 heavy (non-hydrogen) atoms. The number of hydrogen-bond donors (Lipinski definition) is 2. The van der Waals surface area contributed by atoms with E-state index in [1.807, 2.05) is 18.2 Å². The van der Waals surface area contributed by atoms with Crippen molar-refractivity contribution in [2.24, 2.45) is 0 Å². The average molecular weight is 327 g/mol. The molecule has 0 saturated heterocycles. The Bertz CT molecular complexity index is 634. The zero-order chi connectivity index (χ0) is 14.5. The molecule has 0 unspecified atom stereocenters. The van der Waals surface area contributed by atoms with Gasteiger partial charge in [-0.15, -0.1) is 11.8 Å². The number of amides is 1. The van der Waals surface area contributed by atoms with Crippen LogP contribution in [0.2, 0.25) is 10.0 Å². The number of benzene rings is 2. The van der Waals surface area contributed by atoms with Crippen molar-refractivity contribution in [3.05, 3.63) is 52.5 Å². The molecule has 0 aliphatic carbocycles. The quantitative estimate of drug-likeness (QED) is 0.650. The fourth-order valence-electron chi connectivity index (χ4n) is 1.53. The number of halogens is 2. The number of anilines is 2. The minimum atomic E-state index is -0.150. The van der Waals surface area contributed by atoms with Crippen LogP contribution in [-0.4, -0.2) is 11.7 Å². The molecule has 0 aromatic heterocycles. The normalized spacial score (nSPS) is 10.3. The van der Waals surface area contributed by atoms with E-state index in [4.69, 9.17) is 28.9 Å². The Morgan fingerprint density at radius 3 is 2.65 bits per heavy atom. The van der Waals surface area contributed by atoms with E-state index in [-0.39, 0.29) is 11.7 Å². The maximum Gasteiger partial charge on any atom is 0.234 e. The lowest BCUT2D eigenvalue weighted by molar-refractivity contribution is -0.113. The lowest BCUT2D eigenvalue weighted by Gasteiger charge is -2.08. The first-order chi connectivity index (χ1) is 9.56. The van der Waals surface area contributed by atoms with Crippen molar-refractivity contribution in [1.82, 2.24) is 0 Å². The molecule has 104 valence electrons. The molecule has 0 saturated carbocycles. The fraction of sp³-hybridized carbons (Fsp3) is 0.0714. The predicted octanol–water partition coefficient (Wildman–Crippen LogP) is 4.31. The van der Waals surface area contributed by atoms with Gasteiger partial charge in [-0.25, -0.2) is 0 Å². The Hall–Kier alpha value is -1.36. The number of nitrogen functional groups attached to an aromatic ring is 1. The van der Waals surface area contributed by atoms with Crippen LogP contribution in [0.15, 0.2) is 47.4 Å². The van der Waals surface area contributed by atoms with E-state index in [1.165, 1.54) is 11.8 Å². The number of thioether (sulfide) groups is 1. The molecule has 2 aromatic rings. The third kappa shape index (κ3) is 4.07. The van der Waals surface area contributed by atoms with Crippen molar-refractivity contribution in [2.75, 3.05) is 16.8 Å². The molecule has 3 nitrogen and oxygen atoms in total. The standard InChI is InChI=1S/C14H12Cl2N2OS/c15-9-5-6-12(10(16)7-9)18-14(19)8-20-13-4-2-1-3-11(13)17/h1-7H,8,17H2,(H,18,19). The van der Waals surface area contributed by atoms with Gasteiger partial charge in [-0.3, -0.25) is 4.79 Å². The van der Waals surface area contributed by atoms with Gasteiger partial charge in [-0.05, 0) is 30.3 Å². The molecule has 2 rings (SSSR count). The summed E-state index contributed by atoms with van der Waals surface area (Å²) >= 11 is 13.2. The molecule has 0 aliphatic heterocycles. The van der Waals surface area contributed by atoms with Gasteiger partial charge in [0.2, 0.25) is 5.91 Å². The van der Waals surface area contributed by atoms with Crippen LogP contribution in [-0.2, 0) is 4.79 Å². The Morgan fingerprint density at radius 1 is 1.20 bits per heavy atom. The van der Waals surface area contributed by atoms with Crippen molar-refractivity contribution < 1.29 is 4.79 Å². The molecule has 0 bridgehead atoms. The van der Waals surface area contributed by atoms with Crippen molar-refractivity contribution in [1.29, 1.82) is 0 Å². The molecule has 0 spiro atoms. The average Bonchev–Trinajstić information content (AvgIpc) is 2.41. The van der Waals surface area contributed by atoms with Crippen molar-refractivity contribution in [3.8, 4) is 0 Å². The van der Waals surface area contributed by atoms with Crippen molar-refractivity contribution >= 4 is 52.2 Å². The van der Waals surface area contributed by atoms with Crippen LogP contribution in [0.5, 0.6) is 0 Å². The number of nitrogens with one attached hydrogen (secondary N) is 1. The Balaban J connectivity index is 1.94. The molecular formula is C14H12Cl2N2OS. The van der Waals surface area contributed by atoms with E-state index >= 15 is 0 Å². The lowest BCUT2D eigenvalue weighted by Crippen LogP contribution is -2.14. The number of hydrogen-bond acceptors (Lipinski definition) is 3. The molecule has 1 amide bonds. The topological polar surface area (TPSA) is 55.1 Å². The maximum absolute atomic E-state index is 11.9. The van der Waals surface area contributed by atoms with Crippen LogP contribution in [0.4, 0.5) is 11.4 Å². The van der Waals surface area contributed by atoms with Gasteiger partial charge in [0.25, 0.3) is 0 Å². The van der Waals surface area contributed by atoms with Gasteiger partial charge in [0, 0.05) is 15.6 Å². The molecule has 0 heterocycles. The van der Waals surface area contributed by atoms with Gasteiger partial charge in [-0.1, -0.05) is 35.3 Å². The fourth-order valence-corrected chi connectivity index (χ4v) is 2.76. The predicted molar refractivity (Wildman–Crippen MR) is 86.7 cm³/mol. The molecular weight excluding hydrogens is 315 g/mol. The van der Waals surface area contributed by atoms with Gasteiger partial charge in [0.05, 0.1) is 16.5 Å². The Labute approximate surface area is 131 Å².